The van der Waals surface area contributed by atoms with Crippen LogP contribution in [0, 0.1) is 23.7 Å². The van der Waals surface area contributed by atoms with Gasteiger partial charge in [0.1, 0.15) is 0 Å². The first-order valence-corrected chi connectivity index (χ1v) is 14.5. The van der Waals surface area contributed by atoms with E-state index in [-0.39, 0.29) is 0 Å². The third-order valence-electron chi connectivity index (χ3n) is 10.0. The number of rotatable bonds is 5. The predicted molar refractivity (Wildman–Crippen MR) is 133 cm³/mol. The van der Waals surface area contributed by atoms with E-state index in [1.54, 1.807) is 0 Å². The van der Waals surface area contributed by atoms with Crippen molar-refractivity contribution in [2.45, 2.75) is 95.6 Å². The van der Waals surface area contributed by atoms with Gasteiger partial charge in [-0.3, -0.25) is 9.69 Å². The second kappa shape index (κ2) is 11.4. The average molecular weight is 460 g/mol. The maximum absolute atomic E-state index is 13.0. The highest BCUT2D eigenvalue weighted by Gasteiger charge is 2.43. The molecule has 188 valence electrons. The molecule has 0 spiro atoms. The molecule has 5 rings (SSSR count). The molecule has 0 bridgehead atoms. The third-order valence-corrected chi connectivity index (χ3v) is 10.0. The van der Waals surface area contributed by atoms with Gasteiger partial charge in [0.15, 0.2) is 0 Å². The van der Waals surface area contributed by atoms with Crippen molar-refractivity contribution in [1.82, 2.24) is 14.7 Å². The highest BCUT2D eigenvalue weighted by atomic mass is 16.5. The first kappa shape index (κ1) is 24.1. The largest absolute Gasteiger partial charge is 0.380 e. The number of fused-ring (bicyclic) bond motifs is 1. The molecule has 5 atom stereocenters. The number of likely N-dealkylation sites (tertiary alicyclic amines) is 1. The van der Waals surface area contributed by atoms with E-state index in [1.807, 2.05) is 7.11 Å². The van der Waals surface area contributed by atoms with Crippen LogP contribution in [0.15, 0.2) is 0 Å². The molecule has 5 heteroatoms. The molecule has 1 amide bonds. The molecule has 0 aromatic carbocycles. The number of carbonyl (C=O) groups excluding carboxylic acids is 1. The summed E-state index contributed by atoms with van der Waals surface area (Å²) >= 11 is 0. The zero-order valence-electron chi connectivity index (χ0n) is 21.3. The van der Waals surface area contributed by atoms with Gasteiger partial charge in [-0.2, -0.15) is 0 Å². The molecule has 2 saturated heterocycles. The van der Waals surface area contributed by atoms with Crippen molar-refractivity contribution < 1.29 is 9.53 Å². The van der Waals surface area contributed by atoms with Crippen LogP contribution in [0.5, 0.6) is 0 Å². The highest BCUT2D eigenvalue weighted by molar-refractivity contribution is 5.79. The molecular formula is C28H49N3O2. The third kappa shape index (κ3) is 5.62. The molecule has 0 aromatic heterocycles. The van der Waals surface area contributed by atoms with Gasteiger partial charge < -0.3 is 14.5 Å². The summed E-state index contributed by atoms with van der Waals surface area (Å²) < 4.78 is 6.08. The maximum Gasteiger partial charge on any atom is 0.225 e. The second-order valence-electron chi connectivity index (χ2n) is 12.0. The van der Waals surface area contributed by atoms with Gasteiger partial charge in [0.2, 0.25) is 5.91 Å². The number of piperidine rings is 1. The van der Waals surface area contributed by atoms with Crippen LogP contribution in [0.3, 0.4) is 0 Å². The normalized spacial score (nSPS) is 37.6. The summed E-state index contributed by atoms with van der Waals surface area (Å²) in [6, 6.07) is 0.642. The first-order chi connectivity index (χ1) is 16.2. The number of hydrogen-bond donors (Lipinski definition) is 0. The van der Waals surface area contributed by atoms with Gasteiger partial charge in [0.05, 0.1) is 6.10 Å². The molecule has 3 saturated carbocycles. The Morgan fingerprint density at radius 1 is 0.788 bits per heavy atom. The molecule has 5 unspecified atom stereocenters. The van der Waals surface area contributed by atoms with Crippen molar-refractivity contribution in [2.24, 2.45) is 23.7 Å². The topological polar surface area (TPSA) is 36.0 Å². The molecule has 0 radical (unpaired) electrons. The van der Waals surface area contributed by atoms with Crippen LogP contribution >= 0.6 is 0 Å². The minimum atomic E-state index is 0.336. The zero-order valence-corrected chi connectivity index (χ0v) is 21.3. The summed E-state index contributed by atoms with van der Waals surface area (Å²) in [4.78, 5) is 20.8. The maximum atomic E-state index is 13.0. The van der Waals surface area contributed by atoms with Crippen molar-refractivity contribution in [2.75, 3.05) is 52.9 Å². The number of hydrogen-bond acceptors (Lipinski definition) is 4. The molecule has 2 aliphatic heterocycles. The van der Waals surface area contributed by atoms with E-state index in [0.717, 1.165) is 37.8 Å². The fourth-order valence-electron chi connectivity index (χ4n) is 8.31. The summed E-state index contributed by atoms with van der Waals surface area (Å²) in [5.41, 5.74) is 0. The van der Waals surface area contributed by atoms with Gasteiger partial charge >= 0.3 is 0 Å². The van der Waals surface area contributed by atoms with Gasteiger partial charge in [0, 0.05) is 51.8 Å². The van der Waals surface area contributed by atoms with E-state index in [4.69, 9.17) is 4.74 Å². The van der Waals surface area contributed by atoms with Gasteiger partial charge in [-0.25, -0.2) is 0 Å². The van der Waals surface area contributed by atoms with Crippen molar-refractivity contribution >= 4 is 5.91 Å². The lowest BCUT2D eigenvalue weighted by molar-refractivity contribution is -0.137. The fourth-order valence-corrected chi connectivity index (χ4v) is 8.31. The van der Waals surface area contributed by atoms with E-state index >= 15 is 0 Å². The zero-order chi connectivity index (χ0) is 22.6. The minimum Gasteiger partial charge on any atom is -0.380 e. The Morgan fingerprint density at radius 2 is 1.61 bits per heavy atom. The number of carbonyl (C=O) groups is 1. The summed E-state index contributed by atoms with van der Waals surface area (Å²) in [6.45, 7) is 8.05. The Hall–Kier alpha value is -0.650. The number of ether oxygens (including phenoxy) is 1. The Labute approximate surface area is 202 Å². The van der Waals surface area contributed by atoms with Crippen LogP contribution in [0.4, 0.5) is 0 Å². The van der Waals surface area contributed by atoms with E-state index in [1.165, 1.54) is 103 Å². The van der Waals surface area contributed by atoms with Crippen molar-refractivity contribution in [3.05, 3.63) is 0 Å². The van der Waals surface area contributed by atoms with E-state index in [0.29, 0.717) is 29.9 Å². The lowest BCUT2D eigenvalue weighted by Crippen LogP contribution is -2.55. The number of nitrogens with zero attached hydrogens (tertiary/aromatic N) is 3. The number of amides is 1. The highest BCUT2D eigenvalue weighted by Crippen LogP contribution is 2.43. The quantitative estimate of drug-likeness (QED) is 0.610. The van der Waals surface area contributed by atoms with E-state index < -0.39 is 0 Å². The molecule has 3 aliphatic carbocycles. The molecule has 0 N–H and O–H groups in total. The van der Waals surface area contributed by atoms with Crippen LogP contribution in [0.1, 0.15) is 83.5 Å². The lowest BCUT2D eigenvalue weighted by Gasteiger charge is -2.49. The van der Waals surface area contributed by atoms with Gasteiger partial charge in [-0.15, -0.1) is 0 Å². The van der Waals surface area contributed by atoms with Gasteiger partial charge in [-0.05, 0) is 82.2 Å². The van der Waals surface area contributed by atoms with Crippen molar-refractivity contribution in [1.29, 1.82) is 0 Å². The monoisotopic (exact) mass is 459 g/mol. The Morgan fingerprint density at radius 3 is 2.45 bits per heavy atom. The summed E-state index contributed by atoms with van der Waals surface area (Å²) in [6.07, 6.45) is 17.4. The smallest absolute Gasteiger partial charge is 0.225 e. The Balaban J connectivity index is 1.15. The van der Waals surface area contributed by atoms with Crippen LogP contribution in [-0.2, 0) is 9.53 Å². The Bertz CT molecular complexity index is 637. The molecular weight excluding hydrogens is 410 g/mol. The van der Waals surface area contributed by atoms with Crippen LogP contribution in [0.2, 0.25) is 0 Å². The molecule has 5 fully saturated rings. The minimum absolute atomic E-state index is 0.336. The van der Waals surface area contributed by atoms with Crippen molar-refractivity contribution in [3.63, 3.8) is 0 Å². The van der Waals surface area contributed by atoms with Crippen LogP contribution in [-0.4, -0.2) is 85.7 Å². The van der Waals surface area contributed by atoms with Gasteiger partial charge in [0.25, 0.3) is 0 Å². The lowest BCUT2D eigenvalue weighted by atomic mass is 9.67. The molecule has 5 nitrogen and oxygen atoms in total. The summed E-state index contributed by atoms with van der Waals surface area (Å²) in [7, 11) is 1.95. The SMILES string of the molecule is COC1CCC2CCCCC2C1N1CCCN(CC2CCCN(C(=O)C3CCCC3)C2)CC1. The van der Waals surface area contributed by atoms with Crippen LogP contribution in [0.25, 0.3) is 0 Å². The first-order valence-electron chi connectivity index (χ1n) is 14.5. The molecule has 33 heavy (non-hydrogen) atoms. The van der Waals surface area contributed by atoms with Crippen molar-refractivity contribution in [3.8, 4) is 0 Å². The molecule has 5 aliphatic rings. The van der Waals surface area contributed by atoms with E-state index in [9.17, 15) is 4.79 Å². The average Bonchev–Trinajstić information content (AvgIpc) is 3.30. The second-order valence-corrected chi connectivity index (χ2v) is 12.0. The summed E-state index contributed by atoms with van der Waals surface area (Å²) in [5, 5.41) is 0. The fraction of sp³-hybridized carbons (Fsp3) is 0.964. The predicted octanol–water partition coefficient (Wildman–Crippen LogP) is 4.41. The number of methoxy groups -OCH3 is 1. The standard InChI is InChI=1S/C28H49N3O2/c1-33-26-14-13-23-9-4-5-12-25(23)27(26)30-17-7-15-29(18-19-30)20-22-8-6-16-31(21-22)28(32)24-10-2-3-11-24/h22-27H,2-21H2,1H3. The Kier molecular flexibility index (Phi) is 8.31. The van der Waals surface area contributed by atoms with E-state index in [2.05, 4.69) is 14.7 Å². The summed E-state index contributed by atoms with van der Waals surface area (Å²) in [5.74, 6) is 3.28. The van der Waals surface area contributed by atoms with Crippen LogP contribution < -0.4 is 0 Å². The van der Waals surface area contributed by atoms with Gasteiger partial charge in [-0.1, -0.05) is 32.1 Å². The molecule has 2 heterocycles. The molecule has 0 aromatic rings.